The monoisotopic (exact) mass is 345 g/mol. The van der Waals surface area contributed by atoms with Crippen LogP contribution in [0.15, 0.2) is 11.4 Å². The fourth-order valence-corrected chi connectivity index (χ4v) is 3.52. The highest BCUT2D eigenvalue weighted by molar-refractivity contribution is 5.85. The molecule has 2 aromatic rings. The van der Waals surface area contributed by atoms with Gasteiger partial charge in [0.05, 0.1) is 25.1 Å². The van der Waals surface area contributed by atoms with E-state index in [1.54, 1.807) is 10.9 Å². The van der Waals surface area contributed by atoms with Gasteiger partial charge in [-0.25, -0.2) is 4.98 Å². The van der Waals surface area contributed by atoms with Gasteiger partial charge < -0.3 is 20.5 Å². The standard InChI is InChI=1S/C14H19N9O2/c15-14-18-12(22-3-1-2-4-22)11-13(19-14)23(7-17-11)10-5-8(20-21-16)9(6-24)25-10/h7-10,24H,1-6H2,(H2,15,18,19)/t8-,9+,10+/m0/s1. The van der Waals surface area contributed by atoms with Crippen LogP contribution in [-0.4, -0.2) is 56.5 Å². The molecule has 3 atom stereocenters. The second kappa shape index (κ2) is 6.36. The molecule has 2 aliphatic rings. The highest BCUT2D eigenvalue weighted by Gasteiger charge is 2.36. The van der Waals surface area contributed by atoms with Gasteiger partial charge in [-0.2, -0.15) is 9.97 Å². The highest BCUT2D eigenvalue weighted by atomic mass is 16.5. The molecule has 4 heterocycles. The van der Waals surface area contributed by atoms with Crippen LogP contribution in [0.3, 0.4) is 0 Å². The molecule has 0 amide bonds. The Hall–Kier alpha value is -2.62. The Morgan fingerprint density at radius 2 is 2.20 bits per heavy atom. The zero-order chi connectivity index (χ0) is 17.4. The fourth-order valence-electron chi connectivity index (χ4n) is 3.52. The van der Waals surface area contributed by atoms with Crippen molar-refractivity contribution in [2.75, 3.05) is 30.3 Å². The number of hydrogen-bond donors (Lipinski definition) is 2. The first kappa shape index (κ1) is 15.9. The van der Waals surface area contributed by atoms with E-state index in [1.165, 1.54) is 0 Å². The van der Waals surface area contributed by atoms with Gasteiger partial charge in [-0.15, -0.1) is 0 Å². The molecule has 0 spiro atoms. The van der Waals surface area contributed by atoms with Crippen molar-refractivity contribution >= 4 is 22.9 Å². The van der Waals surface area contributed by atoms with Crippen LogP contribution in [0.25, 0.3) is 21.6 Å². The predicted molar refractivity (Wildman–Crippen MR) is 89.7 cm³/mol. The van der Waals surface area contributed by atoms with Crippen molar-refractivity contribution in [3.05, 3.63) is 16.8 Å². The number of aromatic nitrogens is 4. The molecule has 11 heteroatoms. The van der Waals surface area contributed by atoms with Gasteiger partial charge >= 0.3 is 0 Å². The number of imidazole rings is 1. The summed E-state index contributed by atoms with van der Waals surface area (Å²) in [6.07, 6.45) is 3.32. The lowest BCUT2D eigenvalue weighted by Crippen LogP contribution is -2.23. The maximum atomic E-state index is 9.44. The van der Waals surface area contributed by atoms with Gasteiger partial charge in [-0.3, -0.25) is 4.57 Å². The van der Waals surface area contributed by atoms with Crippen LogP contribution in [0.1, 0.15) is 25.5 Å². The van der Waals surface area contributed by atoms with Gasteiger partial charge in [0.15, 0.2) is 17.0 Å². The molecule has 2 aromatic heterocycles. The molecular formula is C14H19N9O2. The van der Waals surface area contributed by atoms with E-state index in [2.05, 4.69) is 29.9 Å². The van der Waals surface area contributed by atoms with Gasteiger partial charge in [0.2, 0.25) is 5.95 Å². The number of nitrogen functional groups attached to an aromatic ring is 1. The molecule has 25 heavy (non-hydrogen) atoms. The Balaban J connectivity index is 1.73. The van der Waals surface area contributed by atoms with Gasteiger partial charge in [0.25, 0.3) is 0 Å². The van der Waals surface area contributed by atoms with E-state index < -0.39 is 18.4 Å². The molecule has 2 saturated heterocycles. The van der Waals surface area contributed by atoms with Crippen molar-refractivity contribution in [3.63, 3.8) is 0 Å². The fraction of sp³-hybridized carbons (Fsp3) is 0.643. The number of nitrogens with zero attached hydrogens (tertiary/aromatic N) is 8. The van der Waals surface area contributed by atoms with Gasteiger partial charge in [0.1, 0.15) is 6.23 Å². The van der Waals surface area contributed by atoms with Crippen LogP contribution >= 0.6 is 0 Å². The molecule has 0 saturated carbocycles. The maximum Gasteiger partial charge on any atom is 0.224 e. The van der Waals surface area contributed by atoms with Crippen molar-refractivity contribution < 1.29 is 9.84 Å². The smallest absolute Gasteiger partial charge is 0.224 e. The van der Waals surface area contributed by atoms with Crippen LogP contribution in [-0.2, 0) is 4.74 Å². The zero-order valence-corrected chi connectivity index (χ0v) is 13.6. The molecule has 0 aliphatic carbocycles. The molecule has 4 rings (SSSR count). The van der Waals surface area contributed by atoms with Crippen LogP contribution in [0.4, 0.5) is 11.8 Å². The SMILES string of the molecule is [N-]=[N+]=N[C@H]1C[C@H](n2cnc3c(N4CCCC4)nc(N)nc32)O[C@@H]1CO. The first-order chi connectivity index (χ1) is 12.2. The number of anilines is 2. The van der Waals surface area contributed by atoms with Gasteiger partial charge in [0, 0.05) is 24.4 Å². The number of aliphatic hydroxyl groups is 1. The number of aliphatic hydroxyl groups excluding tert-OH is 1. The third-order valence-corrected chi connectivity index (χ3v) is 4.72. The number of rotatable bonds is 4. The number of nitrogens with two attached hydrogens (primary N) is 1. The first-order valence-corrected chi connectivity index (χ1v) is 8.26. The quantitative estimate of drug-likeness (QED) is 0.476. The summed E-state index contributed by atoms with van der Waals surface area (Å²) in [7, 11) is 0. The summed E-state index contributed by atoms with van der Waals surface area (Å²) in [5.41, 5.74) is 15.8. The minimum absolute atomic E-state index is 0.180. The normalized spacial score (nSPS) is 26.3. The predicted octanol–water partition coefficient (Wildman–Crippen LogP) is 0.967. The van der Waals surface area contributed by atoms with E-state index in [9.17, 15) is 5.11 Å². The van der Waals surface area contributed by atoms with E-state index in [-0.39, 0.29) is 12.6 Å². The topological polar surface area (TPSA) is 151 Å². The molecule has 0 aromatic carbocycles. The minimum Gasteiger partial charge on any atom is -0.394 e. The lowest BCUT2D eigenvalue weighted by Gasteiger charge is -2.18. The lowest BCUT2D eigenvalue weighted by atomic mass is 10.1. The summed E-state index contributed by atoms with van der Waals surface area (Å²) in [4.78, 5) is 18.2. The van der Waals surface area contributed by atoms with E-state index in [4.69, 9.17) is 16.0 Å². The summed E-state index contributed by atoms with van der Waals surface area (Å²) in [5.74, 6) is 0.918. The van der Waals surface area contributed by atoms with E-state index in [1.807, 2.05) is 0 Å². The summed E-state index contributed by atoms with van der Waals surface area (Å²) < 4.78 is 7.59. The van der Waals surface area contributed by atoms with Gasteiger partial charge in [-0.1, -0.05) is 5.11 Å². The summed E-state index contributed by atoms with van der Waals surface area (Å²) in [6, 6.07) is -0.435. The summed E-state index contributed by atoms with van der Waals surface area (Å²) in [5, 5.41) is 13.1. The number of hydrogen-bond acceptors (Lipinski definition) is 8. The minimum atomic E-state index is -0.546. The average Bonchev–Trinajstić information content (AvgIpc) is 3.33. The first-order valence-electron chi connectivity index (χ1n) is 8.26. The van der Waals surface area contributed by atoms with Crippen molar-refractivity contribution in [1.29, 1.82) is 0 Å². The van der Waals surface area contributed by atoms with Crippen LogP contribution < -0.4 is 10.6 Å². The summed E-state index contributed by atoms with van der Waals surface area (Å²) >= 11 is 0. The molecule has 2 fully saturated rings. The van der Waals surface area contributed by atoms with Gasteiger partial charge in [-0.05, 0) is 18.4 Å². The van der Waals surface area contributed by atoms with Crippen molar-refractivity contribution in [2.24, 2.45) is 5.11 Å². The second-order valence-corrected chi connectivity index (χ2v) is 6.24. The zero-order valence-electron chi connectivity index (χ0n) is 13.6. The van der Waals surface area contributed by atoms with Crippen LogP contribution in [0, 0.1) is 0 Å². The molecule has 2 aliphatic heterocycles. The van der Waals surface area contributed by atoms with Crippen LogP contribution in [0.2, 0.25) is 0 Å². The number of fused-ring (bicyclic) bond motifs is 1. The maximum absolute atomic E-state index is 9.44. The largest absolute Gasteiger partial charge is 0.394 e. The average molecular weight is 345 g/mol. The van der Waals surface area contributed by atoms with E-state index >= 15 is 0 Å². The van der Waals surface area contributed by atoms with Crippen molar-refractivity contribution in [2.45, 2.75) is 37.6 Å². The van der Waals surface area contributed by atoms with E-state index in [0.717, 1.165) is 31.7 Å². The molecule has 3 N–H and O–H groups in total. The molecular weight excluding hydrogens is 326 g/mol. The second-order valence-electron chi connectivity index (χ2n) is 6.24. The molecule has 0 bridgehead atoms. The molecule has 132 valence electrons. The van der Waals surface area contributed by atoms with Crippen molar-refractivity contribution in [1.82, 2.24) is 19.5 Å². The Bertz CT molecular complexity index is 825. The number of ether oxygens (including phenoxy) is 1. The third kappa shape index (κ3) is 2.72. The van der Waals surface area contributed by atoms with Crippen molar-refractivity contribution in [3.8, 4) is 0 Å². The molecule has 0 radical (unpaired) electrons. The molecule has 11 nitrogen and oxygen atoms in total. The Labute approximate surface area is 143 Å². The summed E-state index contributed by atoms with van der Waals surface area (Å²) in [6.45, 7) is 1.62. The third-order valence-electron chi connectivity index (χ3n) is 4.72. The number of azide groups is 1. The Morgan fingerprint density at radius 1 is 1.40 bits per heavy atom. The Morgan fingerprint density at radius 3 is 2.92 bits per heavy atom. The van der Waals surface area contributed by atoms with E-state index in [0.29, 0.717) is 17.6 Å². The lowest BCUT2D eigenvalue weighted by molar-refractivity contribution is -0.0232. The Kier molecular flexibility index (Phi) is 4.04. The highest BCUT2D eigenvalue weighted by Crippen LogP contribution is 2.34. The van der Waals surface area contributed by atoms with Crippen LogP contribution in [0.5, 0.6) is 0 Å². The molecule has 0 unspecified atom stereocenters.